The van der Waals surface area contributed by atoms with Gasteiger partial charge in [-0.2, -0.15) is 0 Å². The molecule has 0 saturated carbocycles. The minimum atomic E-state index is 0. The van der Waals surface area contributed by atoms with Crippen LogP contribution in [0.15, 0.2) is 24.3 Å². The molecule has 0 spiro atoms. The third kappa shape index (κ3) is 3.53. The van der Waals surface area contributed by atoms with Gasteiger partial charge >= 0.3 is 0 Å². The van der Waals surface area contributed by atoms with Gasteiger partial charge in [-0.05, 0) is 24.6 Å². The average molecular weight is 289 g/mol. The molecule has 0 bridgehead atoms. The molecule has 0 aromatic heterocycles. The van der Waals surface area contributed by atoms with Gasteiger partial charge in [0.1, 0.15) is 5.88 Å². The van der Waals surface area contributed by atoms with Crippen molar-refractivity contribution in [1.82, 2.24) is 4.90 Å². The lowest BCUT2D eigenvalue weighted by molar-refractivity contribution is -0.128. The Labute approximate surface area is 119 Å². The second-order valence-corrected chi connectivity index (χ2v) is 4.61. The molecule has 100 valence electrons. The number of benzene rings is 1. The summed E-state index contributed by atoms with van der Waals surface area (Å²) >= 11 is 5.55. The van der Waals surface area contributed by atoms with Gasteiger partial charge in [0.25, 0.3) is 0 Å². The van der Waals surface area contributed by atoms with Gasteiger partial charge in [0, 0.05) is 31.9 Å². The van der Waals surface area contributed by atoms with Crippen LogP contribution in [0.4, 0.5) is 5.69 Å². The summed E-state index contributed by atoms with van der Waals surface area (Å²) in [5.41, 5.74) is 2.50. The summed E-state index contributed by atoms with van der Waals surface area (Å²) in [6.07, 6.45) is 0. The number of nitrogens with zero attached hydrogens (tertiary/aromatic N) is 2. The van der Waals surface area contributed by atoms with Gasteiger partial charge in [0.2, 0.25) is 5.91 Å². The second kappa shape index (κ2) is 6.86. The summed E-state index contributed by atoms with van der Waals surface area (Å²) in [5, 5.41) is 0. The van der Waals surface area contributed by atoms with E-state index in [-0.39, 0.29) is 24.2 Å². The zero-order valence-electron chi connectivity index (χ0n) is 10.4. The monoisotopic (exact) mass is 288 g/mol. The van der Waals surface area contributed by atoms with E-state index in [1.54, 1.807) is 0 Å². The van der Waals surface area contributed by atoms with Crippen LogP contribution in [-0.2, 0) is 4.79 Å². The number of piperazine rings is 1. The Bertz CT molecular complexity index is 404. The second-order valence-electron chi connectivity index (χ2n) is 4.34. The van der Waals surface area contributed by atoms with Crippen LogP contribution in [0, 0.1) is 6.92 Å². The average Bonchev–Trinajstić information content (AvgIpc) is 2.38. The summed E-state index contributed by atoms with van der Waals surface area (Å²) in [7, 11) is 0. The highest BCUT2D eigenvalue weighted by Gasteiger charge is 2.20. The number of hydrogen-bond donors (Lipinski definition) is 0. The Morgan fingerprint density at radius 3 is 2.50 bits per heavy atom. The molecule has 1 aromatic rings. The zero-order chi connectivity index (χ0) is 12.3. The normalized spacial score (nSPS) is 15.2. The highest BCUT2D eigenvalue weighted by molar-refractivity contribution is 6.27. The van der Waals surface area contributed by atoms with E-state index < -0.39 is 0 Å². The lowest BCUT2D eigenvalue weighted by Gasteiger charge is -2.36. The number of halogens is 2. The van der Waals surface area contributed by atoms with Crippen molar-refractivity contribution in [2.75, 3.05) is 37.0 Å². The van der Waals surface area contributed by atoms with Gasteiger partial charge in [-0.3, -0.25) is 4.79 Å². The van der Waals surface area contributed by atoms with Crippen LogP contribution in [0.5, 0.6) is 0 Å². The molecule has 0 radical (unpaired) electrons. The first kappa shape index (κ1) is 15.1. The minimum Gasteiger partial charge on any atom is -0.368 e. The smallest absolute Gasteiger partial charge is 0.237 e. The molecule has 1 heterocycles. The number of rotatable bonds is 2. The molecule has 5 heteroatoms. The minimum absolute atomic E-state index is 0. The summed E-state index contributed by atoms with van der Waals surface area (Å²) in [6, 6.07) is 8.46. The topological polar surface area (TPSA) is 23.6 Å². The lowest BCUT2D eigenvalue weighted by Crippen LogP contribution is -2.49. The van der Waals surface area contributed by atoms with E-state index in [2.05, 4.69) is 36.1 Å². The SMILES string of the molecule is Cc1cccc(N2CCN(C(=O)CCl)CC2)c1.Cl. The first-order valence-electron chi connectivity index (χ1n) is 5.86. The van der Waals surface area contributed by atoms with E-state index in [1.807, 2.05) is 4.90 Å². The Balaban J connectivity index is 0.00000162. The van der Waals surface area contributed by atoms with Gasteiger partial charge in [0.05, 0.1) is 0 Å². The van der Waals surface area contributed by atoms with Crippen molar-refractivity contribution < 1.29 is 4.79 Å². The Kier molecular flexibility index (Phi) is 5.76. The molecular weight excluding hydrogens is 271 g/mol. The predicted molar refractivity (Wildman–Crippen MR) is 77.9 cm³/mol. The largest absolute Gasteiger partial charge is 0.368 e. The maximum atomic E-state index is 11.4. The van der Waals surface area contributed by atoms with E-state index in [0.29, 0.717) is 0 Å². The fourth-order valence-electron chi connectivity index (χ4n) is 2.12. The third-order valence-electron chi connectivity index (χ3n) is 3.11. The molecule has 3 nitrogen and oxygen atoms in total. The quantitative estimate of drug-likeness (QED) is 0.780. The fourth-order valence-corrected chi connectivity index (χ4v) is 2.29. The Hall–Kier alpha value is -0.930. The summed E-state index contributed by atoms with van der Waals surface area (Å²) in [5.74, 6) is 0.125. The van der Waals surface area contributed by atoms with E-state index in [1.165, 1.54) is 11.3 Å². The molecule has 2 rings (SSSR count). The van der Waals surface area contributed by atoms with Crippen LogP contribution < -0.4 is 4.90 Å². The van der Waals surface area contributed by atoms with Gasteiger partial charge < -0.3 is 9.80 Å². The molecule has 0 N–H and O–H groups in total. The van der Waals surface area contributed by atoms with Crippen molar-refractivity contribution >= 4 is 35.6 Å². The number of carbonyl (C=O) groups excluding carboxylic acids is 1. The first-order chi connectivity index (χ1) is 8.20. The molecule has 1 aromatic carbocycles. The van der Waals surface area contributed by atoms with Crippen molar-refractivity contribution in [2.45, 2.75) is 6.92 Å². The van der Waals surface area contributed by atoms with Crippen molar-refractivity contribution in [3.05, 3.63) is 29.8 Å². The highest BCUT2D eigenvalue weighted by atomic mass is 35.5. The molecule has 1 amide bonds. The zero-order valence-corrected chi connectivity index (χ0v) is 12.0. The fraction of sp³-hybridized carbons (Fsp3) is 0.462. The number of anilines is 1. The summed E-state index contributed by atoms with van der Waals surface area (Å²) in [4.78, 5) is 15.6. The molecule has 1 aliphatic rings. The molecule has 1 aliphatic heterocycles. The molecule has 0 aliphatic carbocycles. The highest BCUT2D eigenvalue weighted by Crippen LogP contribution is 2.17. The van der Waals surface area contributed by atoms with E-state index in [4.69, 9.17) is 11.6 Å². The molecule has 0 unspecified atom stereocenters. The van der Waals surface area contributed by atoms with E-state index in [9.17, 15) is 4.79 Å². The van der Waals surface area contributed by atoms with Crippen LogP contribution in [-0.4, -0.2) is 42.9 Å². The maximum absolute atomic E-state index is 11.4. The van der Waals surface area contributed by atoms with Crippen molar-refractivity contribution in [3.63, 3.8) is 0 Å². The Morgan fingerprint density at radius 1 is 1.28 bits per heavy atom. The summed E-state index contributed by atoms with van der Waals surface area (Å²) < 4.78 is 0. The first-order valence-corrected chi connectivity index (χ1v) is 6.39. The number of carbonyl (C=O) groups is 1. The summed E-state index contributed by atoms with van der Waals surface area (Å²) in [6.45, 7) is 5.38. The molecule has 1 fully saturated rings. The van der Waals surface area contributed by atoms with Gasteiger partial charge in [0.15, 0.2) is 0 Å². The van der Waals surface area contributed by atoms with Crippen molar-refractivity contribution in [2.24, 2.45) is 0 Å². The van der Waals surface area contributed by atoms with Crippen LogP contribution >= 0.6 is 24.0 Å². The number of hydrogen-bond acceptors (Lipinski definition) is 2. The van der Waals surface area contributed by atoms with Crippen molar-refractivity contribution in [3.8, 4) is 0 Å². The van der Waals surface area contributed by atoms with Gasteiger partial charge in [-0.1, -0.05) is 12.1 Å². The molecule has 0 atom stereocenters. The van der Waals surface area contributed by atoms with Crippen LogP contribution in [0.3, 0.4) is 0 Å². The number of alkyl halides is 1. The molecule has 1 saturated heterocycles. The van der Waals surface area contributed by atoms with Crippen molar-refractivity contribution in [1.29, 1.82) is 0 Å². The third-order valence-corrected chi connectivity index (χ3v) is 3.34. The van der Waals surface area contributed by atoms with Gasteiger partial charge in [-0.15, -0.1) is 24.0 Å². The predicted octanol–water partition coefficient (Wildman–Crippen LogP) is 2.30. The van der Waals surface area contributed by atoms with Gasteiger partial charge in [-0.25, -0.2) is 0 Å². The number of aryl methyl sites for hydroxylation is 1. The van der Waals surface area contributed by atoms with E-state index in [0.717, 1.165) is 26.2 Å². The molecular formula is C13H18Cl2N2O. The lowest BCUT2D eigenvalue weighted by atomic mass is 10.2. The number of amides is 1. The maximum Gasteiger partial charge on any atom is 0.237 e. The van der Waals surface area contributed by atoms with Crippen LogP contribution in [0.25, 0.3) is 0 Å². The van der Waals surface area contributed by atoms with Crippen LogP contribution in [0.1, 0.15) is 5.56 Å². The van der Waals surface area contributed by atoms with Crippen LogP contribution in [0.2, 0.25) is 0 Å². The van der Waals surface area contributed by atoms with E-state index >= 15 is 0 Å². The Morgan fingerprint density at radius 2 is 1.94 bits per heavy atom. The standard InChI is InChI=1S/C13H17ClN2O.ClH/c1-11-3-2-4-12(9-11)15-5-7-16(8-6-15)13(17)10-14;/h2-4,9H,5-8,10H2,1H3;1H. The molecule has 18 heavy (non-hydrogen) atoms.